The molecule has 0 heterocycles. The lowest BCUT2D eigenvalue weighted by Crippen LogP contribution is -2.43. The Hall–Kier alpha value is -0.870. The normalized spacial score (nSPS) is 17.5. The van der Waals surface area contributed by atoms with Crippen molar-refractivity contribution in [1.29, 1.82) is 0 Å². The first-order chi connectivity index (χ1) is 8.93. The summed E-state index contributed by atoms with van der Waals surface area (Å²) in [6.07, 6.45) is 4.25. The summed E-state index contributed by atoms with van der Waals surface area (Å²) in [5.41, 5.74) is 0.983. The van der Waals surface area contributed by atoms with Gasteiger partial charge in [-0.2, -0.15) is 4.31 Å². The molecule has 0 amide bonds. The molecule has 19 heavy (non-hydrogen) atoms. The Balaban J connectivity index is 2.39. The van der Waals surface area contributed by atoms with Crippen molar-refractivity contribution in [3.8, 4) is 0 Å². The van der Waals surface area contributed by atoms with Crippen LogP contribution in [0.25, 0.3) is 0 Å². The zero-order chi connectivity index (χ0) is 14.0. The van der Waals surface area contributed by atoms with Crippen molar-refractivity contribution in [1.82, 2.24) is 4.31 Å². The van der Waals surface area contributed by atoms with E-state index < -0.39 is 10.0 Å². The second kappa shape index (κ2) is 5.63. The van der Waals surface area contributed by atoms with Crippen LogP contribution < -0.4 is 0 Å². The van der Waals surface area contributed by atoms with Crippen molar-refractivity contribution >= 4 is 10.0 Å². The molecule has 1 saturated carbocycles. The molecule has 4 heteroatoms. The van der Waals surface area contributed by atoms with Gasteiger partial charge in [-0.15, -0.1) is 0 Å². The van der Waals surface area contributed by atoms with Gasteiger partial charge in [-0.1, -0.05) is 25.0 Å². The minimum Gasteiger partial charge on any atom is -0.207 e. The maximum Gasteiger partial charge on any atom is 0.243 e. The van der Waals surface area contributed by atoms with E-state index in [9.17, 15) is 8.42 Å². The number of benzene rings is 1. The minimum absolute atomic E-state index is 0.00797. The van der Waals surface area contributed by atoms with Crippen LogP contribution in [0.4, 0.5) is 0 Å². The van der Waals surface area contributed by atoms with E-state index in [1.807, 2.05) is 32.9 Å². The Morgan fingerprint density at radius 2 is 1.84 bits per heavy atom. The molecule has 1 aromatic carbocycles. The summed E-state index contributed by atoms with van der Waals surface area (Å²) in [5.74, 6) is 0. The Bertz CT molecular complexity index is 531. The SMILES string of the molecule is Cc1cccc(S(=O)(=O)N(C(C)C)C2CCCC2)c1. The lowest BCUT2D eigenvalue weighted by atomic mass is 10.2. The van der Waals surface area contributed by atoms with Gasteiger partial charge in [0.05, 0.1) is 4.90 Å². The van der Waals surface area contributed by atoms with Gasteiger partial charge >= 0.3 is 0 Å². The van der Waals surface area contributed by atoms with Crippen molar-refractivity contribution in [3.63, 3.8) is 0 Å². The molecule has 0 atom stereocenters. The Morgan fingerprint density at radius 1 is 1.21 bits per heavy atom. The van der Waals surface area contributed by atoms with Crippen LogP contribution in [0.3, 0.4) is 0 Å². The van der Waals surface area contributed by atoms with Crippen LogP contribution in [-0.2, 0) is 10.0 Å². The van der Waals surface area contributed by atoms with Crippen molar-refractivity contribution in [2.45, 2.75) is 63.4 Å². The lowest BCUT2D eigenvalue weighted by Gasteiger charge is -2.31. The predicted molar refractivity (Wildman–Crippen MR) is 77.6 cm³/mol. The summed E-state index contributed by atoms with van der Waals surface area (Å²) < 4.78 is 27.4. The highest BCUT2D eigenvalue weighted by atomic mass is 32.2. The third kappa shape index (κ3) is 3.00. The minimum atomic E-state index is -3.37. The molecule has 1 aromatic rings. The number of nitrogens with zero attached hydrogens (tertiary/aromatic N) is 1. The van der Waals surface area contributed by atoms with Gasteiger partial charge in [-0.25, -0.2) is 8.42 Å². The van der Waals surface area contributed by atoms with Crippen LogP contribution in [0, 0.1) is 6.92 Å². The van der Waals surface area contributed by atoms with Gasteiger partial charge in [0, 0.05) is 12.1 Å². The molecule has 106 valence electrons. The fourth-order valence-corrected chi connectivity index (χ4v) is 4.94. The Morgan fingerprint density at radius 3 is 2.37 bits per heavy atom. The average Bonchev–Trinajstić information content (AvgIpc) is 2.81. The van der Waals surface area contributed by atoms with Crippen molar-refractivity contribution in [3.05, 3.63) is 29.8 Å². The first kappa shape index (κ1) is 14.5. The summed E-state index contributed by atoms with van der Waals surface area (Å²) in [6, 6.07) is 7.38. The third-order valence-electron chi connectivity index (χ3n) is 3.76. The summed E-state index contributed by atoms with van der Waals surface area (Å²) in [7, 11) is -3.37. The summed E-state index contributed by atoms with van der Waals surface area (Å²) in [4.78, 5) is 0.424. The van der Waals surface area contributed by atoms with E-state index in [4.69, 9.17) is 0 Å². The van der Waals surface area contributed by atoms with E-state index in [1.54, 1.807) is 16.4 Å². The van der Waals surface area contributed by atoms with Crippen LogP contribution in [0.1, 0.15) is 45.1 Å². The predicted octanol–water partition coefficient (Wildman–Crippen LogP) is 3.34. The smallest absolute Gasteiger partial charge is 0.207 e. The van der Waals surface area contributed by atoms with Gasteiger partial charge in [0.1, 0.15) is 0 Å². The number of hydrogen-bond acceptors (Lipinski definition) is 2. The molecular formula is C15H23NO2S. The van der Waals surface area contributed by atoms with E-state index in [0.29, 0.717) is 4.90 Å². The maximum absolute atomic E-state index is 12.8. The maximum atomic E-state index is 12.8. The van der Waals surface area contributed by atoms with Gasteiger partial charge in [-0.05, 0) is 51.3 Å². The molecule has 0 saturated heterocycles. The highest BCUT2D eigenvalue weighted by molar-refractivity contribution is 7.89. The first-order valence-corrected chi connectivity index (χ1v) is 8.47. The Kier molecular flexibility index (Phi) is 4.31. The van der Waals surface area contributed by atoms with Crippen LogP contribution >= 0.6 is 0 Å². The Labute approximate surface area is 116 Å². The fourth-order valence-electron chi connectivity index (χ4n) is 2.95. The number of hydrogen-bond donors (Lipinski definition) is 0. The number of aryl methyl sites for hydroxylation is 1. The second-order valence-electron chi connectivity index (χ2n) is 5.68. The third-order valence-corrected chi connectivity index (χ3v) is 5.88. The molecule has 0 aliphatic heterocycles. The molecule has 0 radical (unpaired) electrons. The van der Waals surface area contributed by atoms with Gasteiger partial charge in [-0.3, -0.25) is 0 Å². The molecule has 1 aliphatic rings. The van der Waals surface area contributed by atoms with Gasteiger partial charge in [0.2, 0.25) is 10.0 Å². The quantitative estimate of drug-likeness (QED) is 0.849. The largest absolute Gasteiger partial charge is 0.243 e. The molecule has 0 aromatic heterocycles. The highest BCUT2D eigenvalue weighted by Crippen LogP contribution is 2.30. The zero-order valence-corrected chi connectivity index (χ0v) is 12.8. The van der Waals surface area contributed by atoms with Crippen LogP contribution in [-0.4, -0.2) is 24.8 Å². The lowest BCUT2D eigenvalue weighted by molar-refractivity contribution is 0.275. The molecule has 1 fully saturated rings. The number of rotatable bonds is 4. The molecule has 3 nitrogen and oxygen atoms in total. The van der Waals surface area contributed by atoms with E-state index in [0.717, 1.165) is 31.2 Å². The molecule has 2 rings (SSSR count). The van der Waals surface area contributed by atoms with Gasteiger partial charge in [0.25, 0.3) is 0 Å². The van der Waals surface area contributed by atoms with Gasteiger partial charge in [0.15, 0.2) is 0 Å². The summed E-state index contributed by atoms with van der Waals surface area (Å²) >= 11 is 0. The standard InChI is InChI=1S/C15H23NO2S/c1-12(2)16(14-8-4-5-9-14)19(17,18)15-10-6-7-13(3)11-15/h6-7,10-12,14H,4-5,8-9H2,1-3H3. The van der Waals surface area contributed by atoms with Crippen LogP contribution in [0.2, 0.25) is 0 Å². The monoisotopic (exact) mass is 281 g/mol. The van der Waals surface area contributed by atoms with E-state index in [1.165, 1.54) is 0 Å². The number of sulfonamides is 1. The van der Waals surface area contributed by atoms with Crippen molar-refractivity contribution < 1.29 is 8.42 Å². The fraction of sp³-hybridized carbons (Fsp3) is 0.600. The van der Waals surface area contributed by atoms with Crippen LogP contribution in [0.15, 0.2) is 29.2 Å². The summed E-state index contributed by atoms with van der Waals surface area (Å²) in [6.45, 7) is 5.85. The van der Waals surface area contributed by atoms with Crippen LogP contribution in [0.5, 0.6) is 0 Å². The molecule has 0 unspecified atom stereocenters. The van der Waals surface area contributed by atoms with E-state index >= 15 is 0 Å². The molecule has 0 N–H and O–H groups in total. The topological polar surface area (TPSA) is 37.4 Å². The van der Waals surface area contributed by atoms with Gasteiger partial charge < -0.3 is 0 Å². The highest BCUT2D eigenvalue weighted by Gasteiger charge is 2.35. The second-order valence-corrected chi connectivity index (χ2v) is 7.53. The molecule has 0 spiro atoms. The van der Waals surface area contributed by atoms with E-state index in [2.05, 4.69) is 0 Å². The zero-order valence-electron chi connectivity index (χ0n) is 12.0. The average molecular weight is 281 g/mol. The summed E-state index contributed by atoms with van der Waals surface area (Å²) in [5, 5.41) is 0. The molecule has 0 bridgehead atoms. The molecular weight excluding hydrogens is 258 g/mol. The van der Waals surface area contributed by atoms with E-state index in [-0.39, 0.29) is 12.1 Å². The van der Waals surface area contributed by atoms with Crippen molar-refractivity contribution in [2.75, 3.05) is 0 Å². The first-order valence-electron chi connectivity index (χ1n) is 7.03. The van der Waals surface area contributed by atoms with Crippen molar-refractivity contribution in [2.24, 2.45) is 0 Å². The molecule has 1 aliphatic carbocycles.